The van der Waals surface area contributed by atoms with E-state index in [-0.39, 0.29) is 11.8 Å². The summed E-state index contributed by atoms with van der Waals surface area (Å²) in [5, 5.41) is 14.9. The molecule has 0 spiro atoms. The number of carbonyl (C=O) groups is 2. The molecule has 8 heteroatoms. The van der Waals surface area contributed by atoms with Gasteiger partial charge in [-0.1, -0.05) is 18.2 Å². The number of aromatic amines is 1. The normalized spacial score (nSPS) is 10.5. The van der Waals surface area contributed by atoms with Crippen LogP contribution in [-0.2, 0) is 0 Å². The molecule has 2 heterocycles. The summed E-state index contributed by atoms with van der Waals surface area (Å²) in [5.41, 5.74) is 1.15. The molecule has 0 bridgehead atoms. The van der Waals surface area contributed by atoms with Gasteiger partial charge in [-0.25, -0.2) is 0 Å². The summed E-state index contributed by atoms with van der Waals surface area (Å²) < 4.78 is 5.11. The number of carbonyl (C=O) groups excluding carboxylic acids is 2. The zero-order chi connectivity index (χ0) is 16.9. The van der Waals surface area contributed by atoms with E-state index in [2.05, 4.69) is 20.8 Å². The lowest BCUT2D eigenvalue weighted by molar-refractivity contribution is 0.0926. The average molecular weight is 344 g/mol. The smallest absolute Gasteiger partial charge is 0.272 e. The lowest BCUT2D eigenvalue weighted by Gasteiger charge is -2.06. The van der Waals surface area contributed by atoms with Crippen LogP contribution in [0.4, 0.5) is 0 Å². The number of amides is 2. The maximum atomic E-state index is 12.2. The summed E-state index contributed by atoms with van der Waals surface area (Å²) >= 11 is 1.31. The van der Waals surface area contributed by atoms with Crippen LogP contribution in [0.1, 0.15) is 20.2 Å². The lowest BCUT2D eigenvalue weighted by atomic mass is 10.2. The van der Waals surface area contributed by atoms with Crippen LogP contribution >= 0.6 is 11.3 Å². The lowest BCUT2D eigenvalue weighted by Crippen LogP contribution is -2.34. The third-order valence-electron chi connectivity index (χ3n) is 3.44. The van der Waals surface area contributed by atoms with Gasteiger partial charge in [0.15, 0.2) is 5.69 Å². The van der Waals surface area contributed by atoms with Crippen molar-refractivity contribution < 1.29 is 14.3 Å². The number of rotatable bonds is 6. The standard InChI is InChI=1S/C16H16N4O3S/c1-23-12-6-9-24-14(12)16(22)18-8-7-17-15(21)13-10-4-2-3-5-11(10)19-20-13/h2-6,9H,7-8H2,1H3,(H,17,21)(H,18,22)(H,19,20). The Labute approximate surface area is 142 Å². The molecule has 0 aliphatic carbocycles. The summed E-state index contributed by atoms with van der Waals surface area (Å²) in [4.78, 5) is 24.7. The molecule has 0 radical (unpaired) electrons. The quantitative estimate of drug-likeness (QED) is 0.594. The monoisotopic (exact) mass is 344 g/mol. The minimum Gasteiger partial charge on any atom is -0.495 e. The number of methoxy groups -OCH3 is 1. The second-order valence-corrected chi connectivity index (χ2v) is 5.86. The third kappa shape index (κ3) is 3.23. The van der Waals surface area contributed by atoms with Gasteiger partial charge in [0.25, 0.3) is 11.8 Å². The van der Waals surface area contributed by atoms with E-state index >= 15 is 0 Å². The van der Waals surface area contributed by atoms with Crippen LogP contribution < -0.4 is 15.4 Å². The van der Waals surface area contributed by atoms with Crippen molar-refractivity contribution in [3.05, 3.63) is 46.3 Å². The van der Waals surface area contributed by atoms with Crippen molar-refractivity contribution in [2.24, 2.45) is 0 Å². The summed E-state index contributed by atoms with van der Waals surface area (Å²) in [7, 11) is 1.52. The van der Waals surface area contributed by atoms with Gasteiger partial charge in [-0.15, -0.1) is 11.3 Å². The first-order valence-electron chi connectivity index (χ1n) is 7.31. The van der Waals surface area contributed by atoms with Gasteiger partial charge < -0.3 is 15.4 Å². The molecular weight excluding hydrogens is 328 g/mol. The zero-order valence-corrected chi connectivity index (χ0v) is 13.8. The topological polar surface area (TPSA) is 96.1 Å². The van der Waals surface area contributed by atoms with Gasteiger partial charge in [-0.3, -0.25) is 14.7 Å². The first-order chi connectivity index (χ1) is 11.7. The highest BCUT2D eigenvalue weighted by atomic mass is 32.1. The Hall–Kier alpha value is -2.87. The fraction of sp³-hybridized carbons (Fsp3) is 0.188. The minimum absolute atomic E-state index is 0.221. The number of H-pyrrole nitrogens is 1. The van der Waals surface area contributed by atoms with Crippen LogP contribution in [0, 0.1) is 0 Å². The average Bonchev–Trinajstić information content (AvgIpc) is 3.24. The molecule has 0 atom stereocenters. The molecule has 0 aliphatic rings. The number of ether oxygens (including phenoxy) is 1. The summed E-state index contributed by atoms with van der Waals surface area (Å²) in [6.07, 6.45) is 0. The molecular formula is C16H16N4O3S. The SMILES string of the molecule is COc1ccsc1C(=O)NCCNC(=O)c1n[nH]c2ccccc12. The molecule has 1 aromatic carbocycles. The molecule has 7 nitrogen and oxygen atoms in total. The number of nitrogens with zero attached hydrogens (tertiary/aromatic N) is 1. The molecule has 2 amide bonds. The molecule has 0 saturated carbocycles. The maximum absolute atomic E-state index is 12.2. The fourth-order valence-electron chi connectivity index (χ4n) is 2.28. The van der Waals surface area contributed by atoms with Crippen LogP contribution in [0.25, 0.3) is 10.9 Å². The number of fused-ring (bicyclic) bond motifs is 1. The molecule has 24 heavy (non-hydrogen) atoms. The highest BCUT2D eigenvalue weighted by Crippen LogP contribution is 2.23. The van der Waals surface area contributed by atoms with E-state index in [1.807, 2.05) is 24.3 Å². The molecule has 3 N–H and O–H groups in total. The van der Waals surface area contributed by atoms with Crippen molar-refractivity contribution in [1.29, 1.82) is 0 Å². The second-order valence-electron chi connectivity index (χ2n) is 4.95. The van der Waals surface area contributed by atoms with Gasteiger partial charge in [0.1, 0.15) is 10.6 Å². The fourth-order valence-corrected chi connectivity index (χ4v) is 3.05. The van der Waals surface area contributed by atoms with Crippen molar-refractivity contribution in [2.45, 2.75) is 0 Å². The van der Waals surface area contributed by atoms with Crippen molar-refractivity contribution in [2.75, 3.05) is 20.2 Å². The highest BCUT2D eigenvalue weighted by Gasteiger charge is 2.15. The van der Waals surface area contributed by atoms with Gasteiger partial charge in [-0.2, -0.15) is 5.10 Å². The van der Waals surface area contributed by atoms with Crippen LogP contribution in [0.2, 0.25) is 0 Å². The largest absolute Gasteiger partial charge is 0.495 e. The zero-order valence-electron chi connectivity index (χ0n) is 13.0. The highest BCUT2D eigenvalue weighted by molar-refractivity contribution is 7.12. The molecule has 0 aliphatic heterocycles. The molecule has 0 saturated heterocycles. The Balaban J connectivity index is 1.51. The van der Waals surface area contributed by atoms with Crippen molar-refractivity contribution in [3.63, 3.8) is 0 Å². The predicted molar refractivity (Wildman–Crippen MR) is 91.6 cm³/mol. The van der Waals surface area contributed by atoms with E-state index in [0.717, 1.165) is 10.9 Å². The van der Waals surface area contributed by atoms with Gasteiger partial charge in [0.2, 0.25) is 0 Å². The van der Waals surface area contributed by atoms with Crippen LogP contribution in [0.5, 0.6) is 5.75 Å². The number of thiophene rings is 1. The van der Waals surface area contributed by atoms with E-state index in [1.165, 1.54) is 18.4 Å². The van der Waals surface area contributed by atoms with E-state index in [9.17, 15) is 9.59 Å². The molecule has 124 valence electrons. The van der Waals surface area contributed by atoms with E-state index in [0.29, 0.717) is 29.4 Å². The van der Waals surface area contributed by atoms with Gasteiger partial charge >= 0.3 is 0 Å². The Morgan fingerprint density at radius 3 is 2.71 bits per heavy atom. The van der Waals surface area contributed by atoms with E-state index < -0.39 is 0 Å². The van der Waals surface area contributed by atoms with Crippen molar-refractivity contribution in [3.8, 4) is 5.75 Å². The molecule has 3 rings (SSSR count). The van der Waals surface area contributed by atoms with Gasteiger partial charge in [0, 0.05) is 18.5 Å². The Morgan fingerprint density at radius 2 is 1.92 bits per heavy atom. The molecule has 0 unspecified atom stereocenters. The number of benzene rings is 1. The van der Waals surface area contributed by atoms with Crippen molar-refractivity contribution >= 4 is 34.1 Å². The summed E-state index contributed by atoms with van der Waals surface area (Å²) in [6.45, 7) is 0.618. The molecule has 0 fully saturated rings. The summed E-state index contributed by atoms with van der Waals surface area (Å²) in [6, 6.07) is 9.15. The Bertz CT molecular complexity index is 871. The predicted octanol–water partition coefficient (Wildman–Crippen LogP) is 1.79. The molecule has 2 aromatic heterocycles. The molecule has 3 aromatic rings. The number of nitrogens with one attached hydrogen (secondary N) is 3. The first-order valence-corrected chi connectivity index (χ1v) is 8.19. The van der Waals surface area contributed by atoms with Gasteiger partial charge in [0.05, 0.1) is 12.6 Å². The second kappa shape index (κ2) is 7.14. The number of hydrogen-bond donors (Lipinski definition) is 3. The maximum Gasteiger partial charge on any atom is 0.272 e. The number of para-hydroxylation sites is 1. The number of hydrogen-bond acceptors (Lipinski definition) is 5. The van der Waals surface area contributed by atoms with Crippen LogP contribution in [0.3, 0.4) is 0 Å². The Morgan fingerprint density at radius 1 is 1.17 bits per heavy atom. The third-order valence-corrected chi connectivity index (χ3v) is 4.33. The van der Waals surface area contributed by atoms with E-state index in [1.54, 1.807) is 11.4 Å². The number of aromatic nitrogens is 2. The van der Waals surface area contributed by atoms with Crippen LogP contribution in [0.15, 0.2) is 35.7 Å². The minimum atomic E-state index is -0.282. The Kier molecular flexibility index (Phi) is 4.76. The van der Waals surface area contributed by atoms with Crippen molar-refractivity contribution in [1.82, 2.24) is 20.8 Å². The first kappa shape index (κ1) is 16.0. The van der Waals surface area contributed by atoms with Crippen LogP contribution in [-0.4, -0.2) is 42.2 Å². The summed E-state index contributed by atoms with van der Waals surface area (Å²) in [5.74, 6) is 0.0428. The van der Waals surface area contributed by atoms with E-state index in [4.69, 9.17) is 4.74 Å². The van der Waals surface area contributed by atoms with Gasteiger partial charge in [-0.05, 0) is 17.5 Å².